The molecule has 0 aliphatic carbocycles. The summed E-state index contributed by atoms with van der Waals surface area (Å²) in [4.78, 5) is 25.1. The van der Waals surface area contributed by atoms with E-state index in [0.29, 0.717) is 30.0 Å². The number of carbonyl (C=O) groups excluding carboxylic acids is 2. The van der Waals surface area contributed by atoms with E-state index in [1.807, 2.05) is 18.2 Å². The average Bonchev–Trinajstić information content (AvgIpc) is 2.63. The van der Waals surface area contributed by atoms with E-state index in [2.05, 4.69) is 5.32 Å². The molecule has 0 bridgehead atoms. The Hall–Kier alpha value is -2.31. The lowest BCUT2D eigenvalue weighted by atomic mass is 10.2. The number of hydrogen-bond acceptors (Lipinski definition) is 5. The Bertz CT molecular complexity index is 716. The van der Waals surface area contributed by atoms with Gasteiger partial charge in [0.2, 0.25) is 0 Å². The second kappa shape index (κ2) is 9.86. The van der Waals surface area contributed by atoms with Crippen LogP contribution in [0.1, 0.15) is 27.6 Å². The van der Waals surface area contributed by atoms with Crippen LogP contribution in [0, 0.1) is 0 Å². The van der Waals surface area contributed by atoms with Gasteiger partial charge in [0, 0.05) is 23.4 Å². The van der Waals surface area contributed by atoms with Crippen molar-refractivity contribution in [2.45, 2.75) is 11.8 Å². The number of anilines is 1. The molecule has 0 saturated carbocycles. The molecule has 25 heavy (non-hydrogen) atoms. The smallest absolute Gasteiger partial charge is 0.338 e. The standard InChI is InChI=1S/C19H21NO4S/c1-3-24-19(22)14-8-10-15(11-9-14)20-18(21)16-6-4-5-7-17(16)25-13-12-23-2/h4-11H,3,12-13H2,1-2H3,(H,20,21). The predicted octanol–water partition coefficient (Wildman–Crippen LogP) is 3.85. The van der Waals surface area contributed by atoms with Gasteiger partial charge in [-0.15, -0.1) is 11.8 Å². The second-order valence-electron chi connectivity index (χ2n) is 5.09. The molecule has 0 aromatic heterocycles. The Balaban J connectivity index is 2.05. The van der Waals surface area contributed by atoms with E-state index in [-0.39, 0.29) is 11.9 Å². The summed E-state index contributed by atoms with van der Waals surface area (Å²) >= 11 is 1.58. The minimum Gasteiger partial charge on any atom is -0.462 e. The zero-order valence-corrected chi connectivity index (χ0v) is 15.1. The van der Waals surface area contributed by atoms with Crippen molar-refractivity contribution in [2.75, 3.05) is 31.4 Å². The summed E-state index contributed by atoms with van der Waals surface area (Å²) < 4.78 is 9.99. The molecule has 0 fully saturated rings. The molecule has 2 aromatic rings. The lowest BCUT2D eigenvalue weighted by Gasteiger charge is -2.10. The van der Waals surface area contributed by atoms with E-state index in [0.717, 1.165) is 10.6 Å². The maximum atomic E-state index is 12.5. The molecule has 2 aromatic carbocycles. The summed E-state index contributed by atoms with van der Waals surface area (Å²) in [6.45, 7) is 2.71. The molecule has 0 radical (unpaired) electrons. The van der Waals surface area contributed by atoms with Crippen LogP contribution in [0.25, 0.3) is 0 Å². The summed E-state index contributed by atoms with van der Waals surface area (Å²) in [6.07, 6.45) is 0. The number of benzene rings is 2. The van der Waals surface area contributed by atoms with Gasteiger partial charge in [-0.25, -0.2) is 4.79 Å². The monoisotopic (exact) mass is 359 g/mol. The fourth-order valence-corrected chi connectivity index (χ4v) is 3.08. The highest BCUT2D eigenvalue weighted by atomic mass is 32.2. The van der Waals surface area contributed by atoms with Crippen molar-refractivity contribution in [3.05, 3.63) is 59.7 Å². The predicted molar refractivity (Wildman–Crippen MR) is 99.4 cm³/mol. The average molecular weight is 359 g/mol. The molecule has 132 valence electrons. The molecule has 0 saturated heterocycles. The molecule has 2 rings (SSSR count). The highest BCUT2D eigenvalue weighted by Gasteiger charge is 2.12. The molecule has 0 aliphatic heterocycles. The van der Waals surface area contributed by atoms with Crippen molar-refractivity contribution < 1.29 is 19.1 Å². The van der Waals surface area contributed by atoms with Crippen molar-refractivity contribution in [2.24, 2.45) is 0 Å². The van der Waals surface area contributed by atoms with Gasteiger partial charge in [0.05, 0.1) is 24.3 Å². The van der Waals surface area contributed by atoms with Gasteiger partial charge >= 0.3 is 5.97 Å². The summed E-state index contributed by atoms with van der Waals surface area (Å²) in [6, 6.07) is 14.1. The van der Waals surface area contributed by atoms with Crippen molar-refractivity contribution >= 4 is 29.3 Å². The van der Waals surface area contributed by atoms with E-state index in [1.165, 1.54) is 0 Å². The molecule has 5 nitrogen and oxygen atoms in total. The van der Waals surface area contributed by atoms with Crippen molar-refractivity contribution in [3.63, 3.8) is 0 Å². The summed E-state index contributed by atoms with van der Waals surface area (Å²) in [5.41, 5.74) is 1.68. The lowest BCUT2D eigenvalue weighted by Crippen LogP contribution is -2.13. The Morgan fingerprint density at radius 3 is 2.48 bits per heavy atom. The SMILES string of the molecule is CCOC(=O)c1ccc(NC(=O)c2ccccc2SCCOC)cc1. The van der Waals surface area contributed by atoms with Gasteiger partial charge in [0.15, 0.2) is 0 Å². The van der Waals surface area contributed by atoms with Crippen molar-refractivity contribution in [1.82, 2.24) is 0 Å². The first-order chi connectivity index (χ1) is 12.2. The maximum Gasteiger partial charge on any atom is 0.338 e. The fourth-order valence-electron chi connectivity index (χ4n) is 2.12. The van der Waals surface area contributed by atoms with Crippen molar-refractivity contribution in [3.8, 4) is 0 Å². The van der Waals surface area contributed by atoms with Gasteiger partial charge in [-0.1, -0.05) is 12.1 Å². The van der Waals surface area contributed by atoms with Gasteiger partial charge in [-0.2, -0.15) is 0 Å². The van der Waals surface area contributed by atoms with Gasteiger partial charge in [-0.05, 0) is 43.3 Å². The number of carbonyl (C=O) groups is 2. The Kier molecular flexibility index (Phi) is 7.50. The number of amides is 1. The summed E-state index contributed by atoms with van der Waals surface area (Å²) in [5, 5.41) is 2.85. The molecule has 0 heterocycles. The van der Waals surface area contributed by atoms with Crippen LogP contribution < -0.4 is 5.32 Å². The third kappa shape index (κ3) is 5.62. The Morgan fingerprint density at radius 1 is 1.08 bits per heavy atom. The molecule has 1 amide bonds. The Labute approximate surface area is 151 Å². The van der Waals surface area contributed by atoms with Crippen LogP contribution in [0.4, 0.5) is 5.69 Å². The molecular weight excluding hydrogens is 338 g/mol. The van der Waals surface area contributed by atoms with E-state index in [9.17, 15) is 9.59 Å². The highest BCUT2D eigenvalue weighted by molar-refractivity contribution is 7.99. The first kappa shape index (κ1) is 19.0. The molecule has 1 N–H and O–H groups in total. The van der Waals surface area contributed by atoms with Crippen LogP contribution in [-0.2, 0) is 9.47 Å². The lowest BCUT2D eigenvalue weighted by molar-refractivity contribution is 0.0526. The summed E-state index contributed by atoms with van der Waals surface area (Å²) in [7, 11) is 1.65. The van der Waals surface area contributed by atoms with Crippen LogP contribution in [-0.4, -0.2) is 38.0 Å². The number of hydrogen-bond donors (Lipinski definition) is 1. The molecular formula is C19H21NO4S. The maximum absolute atomic E-state index is 12.5. The van der Waals surface area contributed by atoms with E-state index < -0.39 is 0 Å². The van der Waals surface area contributed by atoms with Gasteiger partial charge in [0.25, 0.3) is 5.91 Å². The van der Waals surface area contributed by atoms with Gasteiger partial charge in [0.1, 0.15) is 0 Å². The number of nitrogens with one attached hydrogen (secondary N) is 1. The van der Waals surface area contributed by atoms with Crippen molar-refractivity contribution in [1.29, 1.82) is 0 Å². The number of rotatable bonds is 8. The first-order valence-corrected chi connectivity index (χ1v) is 8.93. The fraction of sp³-hybridized carbons (Fsp3) is 0.263. The largest absolute Gasteiger partial charge is 0.462 e. The van der Waals surface area contributed by atoms with E-state index >= 15 is 0 Å². The van der Waals surface area contributed by atoms with Crippen LogP contribution in [0.5, 0.6) is 0 Å². The van der Waals surface area contributed by atoms with Gasteiger partial charge in [-0.3, -0.25) is 4.79 Å². The third-order valence-corrected chi connectivity index (χ3v) is 4.37. The molecule has 0 unspecified atom stereocenters. The minimum atomic E-state index is -0.375. The Morgan fingerprint density at radius 2 is 1.80 bits per heavy atom. The number of thioether (sulfide) groups is 1. The quantitative estimate of drug-likeness (QED) is 0.440. The second-order valence-corrected chi connectivity index (χ2v) is 6.23. The van der Waals surface area contributed by atoms with Crippen LogP contribution >= 0.6 is 11.8 Å². The zero-order valence-electron chi connectivity index (χ0n) is 14.3. The normalized spacial score (nSPS) is 10.3. The molecule has 6 heteroatoms. The topological polar surface area (TPSA) is 64.6 Å². The van der Waals surface area contributed by atoms with E-state index in [4.69, 9.17) is 9.47 Å². The molecule has 0 atom stereocenters. The zero-order chi connectivity index (χ0) is 18.1. The van der Waals surface area contributed by atoms with Gasteiger partial charge < -0.3 is 14.8 Å². The molecule has 0 spiro atoms. The minimum absolute atomic E-state index is 0.190. The molecule has 0 aliphatic rings. The number of esters is 1. The third-order valence-electron chi connectivity index (χ3n) is 3.33. The highest BCUT2D eigenvalue weighted by Crippen LogP contribution is 2.23. The van der Waals surface area contributed by atoms with Crippen LogP contribution in [0.3, 0.4) is 0 Å². The number of methoxy groups -OCH3 is 1. The van der Waals surface area contributed by atoms with Crippen LogP contribution in [0.15, 0.2) is 53.4 Å². The van der Waals surface area contributed by atoms with Crippen LogP contribution in [0.2, 0.25) is 0 Å². The van der Waals surface area contributed by atoms with E-state index in [1.54, 1.807) is 56.1 Å². The first-order valence-electron chi connectivity index (χ1n) is 7.95. The summed E-state index contributed by atoms with van der Waals surface area (Å²) in [5.74, 6) is 0.208. The number of ether oxygens (including phenoxy) is 2.